The van der Waals surface area contributed by atoms with Gasteiger partial charge in [0.05, 0.1) is 34.4 Å². The standard InChI is InChI=1S/C50H94NO7P/c1-6-8-10-12-14-16-18-20-22-24-25-26-28-30-32-34-36-38-40-42-45-55-47-49(48-57-59(53,54)56-46-44-51(3,4)5)58-50(52)43-41-39-37-35-33-31-29-27-23-21-19-17-15-13-11-9-7-2/h9,11,15,17,20-23,49H,6-8,10,12-14,16,18-19,24-48H2,1-5H3/p+1/b11-9-,17-15-,22-20-,23-21-. The van der Waals surface area contributed by atoms with Crippen molar-refractivity contribution in [2.75, 3.05) is 54.1 Å². The van der Waals surface area contributed by atoms with Crippen molar-refractivity contribution in [3.8, 4) is 0 Å². The van der Waals surface area contributed by atoms with E-state index in [1.165, 1.54) is 128 Å². The molecule has 0 heterocycles. The number of phosphoric ester groups is 1. The summed E-state index contributed by atoms with van der Waals surface area (Å²) in [5.74, 6) is -0.324. The zero-order valence-electron chi connectivity index (χ0n) is 39.2. The van der Waals surface area contributed by atoms with Gasteiger partial charge in [0.15, 0.2) is 0 Å². The van der Waals surface area contributed by atoms with Crippen LogP contribution < -0.4 is 0 Å². The van der Waals surface area contributed by atoms with Crippen molar-refractivity contribution >= 4 is 13.8 Å². The van der Waals surface area contributed by atoms with E-state index in [4.69, 9.17) is 18.5 Å². The summed E-state index contributed by atoms with van der Waals surface area (Å²) in [6.07, 6.45) is 52.9. The number of carbonyl (C=O) groups excluding carboxylic acids is 1. The Bertz CT molecular complexity index is 1080. The molecule has 0 bridgehead atoms. The van der Waals surface area contributed by atoms with E-state index in [0.717, 1.165) is 57.8 Å². The second-order valence-electron chi connectivity index (χ2n) is 17.5. The van der Waals surface area contributed by atoms with Crippen LogP contribution in [-0.2, 0) is 27.9 Å². The van der Waals surface area contributed by atoms with Crippen molar-refractivity contribution in [2.45, 2.75) is 213 Å². The molecule has 0 amide bonds. The maximum atomic E-state index is 12.7. The third kappa shape index (κ3) is 47.4. The third-order valence-electron chi connectivity index (χ3n) is 10.4. The third-order valence-corrected chi connectivity index (χ3v) is 11.4. The predicted molar refractivity (Wildman–Crippen MR) is 252 cm³/mol. The van der Waals surface area contributed by atoms with Gasteiger partial charge in [-0.1, -0.05) is 178 Å². The van der Waals surface area contributed by atoms with Crippen molar-refractivity contribution < 1.29 is 37.3 Å². The van der Waals surface area contributed by atoms with Crippen LogP contribution in [0, 0.1) is 0 Å². The number of carbonyl (C=O) groups is 1. The molecule has 0 spiro atoms. The van der Waals surface area contributed by atoms with Crippen LogP contribution in [0.3, 0.4) is 0 Å². The molecule has 0 aromatic carbocycles. The molecule has 0 saturated carbocycles. The van der Waals surface area contributed by atoms with Gasteiger partial charge >= 0.3 is 13.8 Å². The average molecular weight is 853 g/mol. The average Bonchev–Trinajstić information content (AvgIpc) is 3.19. The van der Waals surface area contributed by atoms with E-state index in [1.807, 2.05) is 21.1 Å². The number of ether oxygens (including phenoxy) is 2. The monoisotopic (exact) mass is 853 g/mol. The summed E-state index contributed by atoms with van der Waals surface area (Å²) in [7, 11) is 1.66. The van der Waals surface area contributed by atoms with Crippen LogP contribution in [0.2, 0.25) is 0 Å². The second kappa shape index (κ2) is 43.1. The highest BCUT2D eigenvalue weighted by Gasteiger charge is 2.26. The molecule has 2 unspecified atom stereocenters. The van der Waals surface area contributed by atoms with Crippen LogP contribution in [0.1, 0.15) is 206 Å². The van der Waals surface area contributed by atoms with Gasteiger partial charge in [-0.25, -0.2) is 4.57 Å². The smallest absolute Gasteiger partial charge is 0.457 e. The minimum absolute atomic E-state index is 0.0853. The highest BCUT2D eigenvalue weighted by molar-refractivity contribution is 7.47. The van der Waals surface area contributed by atoms with E-state index in [0.29, 0.717) is 24.1 Å². The van der Waals surface area contributed by atoms with Crippen molar-refractivity contribution in [3.05, 3.63) is 48.6 Å². The van der Waals surface area contributed by atoms with Crippen LogP contribution in [0.5, 0.6) is 0 Å². The largest absolute Gasteiger partial charge is 0.472 e. The Labute approximate surface area is 365 Å². The van der Waals surface area contributed by atoms with Gasteiger partial charge in [-0.15, -0.1) is 0 Å². The number of hydrogen-bond donors (Lipinski definition) is 1. The first-order valence-electron chi connectivity index (χ1n) is 24.4. The minimum Gasteiger partial charge on any atom is -0.457 e. The molecule has 0 aliphatic heterocycles. The van der Waals surface area contributed by atoms with Gasteiger partial charge in [0.25, 0.3) is 0 Å². The molecule has 0 fully saturated rings. The minimum atomic E-state index is -4.28. The molecule has 0 saturated heterocycles. The maximum Gasteiger partial charge on any atom is 0.472 e. The molecule has 9 heteroatoms. The van der Waals surface area contributed by atoms with Gasteiger partial charge in [-0.3, -0.25) is 13.8 Å². The number of rotatable bonds is 45. The number of esters is 1. The summed E-state index contributed by atoms with van der Waals surface area (Å²) in [6, 6.07) is 0. The predicted octanol–water partition coefficient (Wildman–Crippen LogP) is 14.7. The lowest BCUT2D eigenvalue weighted by molar-refractivity contribution is -0.870. The van der Waals surface area contributed by atoms with Crippen LogP contribution >= 0.6 is 7.82 Å². The van der Waals surface area contributed by atoms with Gasteiger partial charge in [-0.05, 0) is 70.6 Å². The maximum absolute atomic E-state index is 12.7. The quantitative estimate of drug-likeness (QED) is 0.0214. The number of allylic oxidation sites excluding steroid dienone is 8. The van der Waals surface area contributed by atoms with Gasteiger partial charge in [0, 0.05) is 13.0 Å². The number of likely N-dealkylation sites (N-methyl/N-ethyl adjacent to an activating group) is 1. The fourth-order valence-corrected chi connectivity index (χ4v) is 7.36. The number of unbranched alkanes of at least 4 members (excludes halogenated alkanes) is 23. The lowest BCUT2D eigenvalue weighted by Crippen LogP contribution is -2.37. The van der Waals surface area contributed by atoms with E-state index in [1.54, 1.807) is 0 Å². The van der Waals surface area contributed by atoms with E-state index >= 15 is 0 Å². The van der Waals surface area contributed by atoms with Gasteiger partial charge in [0.2, 0.25) is 0 Å². The SMILES string of the molecule is CC/C=C\C/C=C\C/C=C\CCCCCCCCCC(=O)OC(COCCCCCCCCCCCC/C=C\CCCCCCCC)COP(=O)(O)OCC[N+](C)(C)C. The Hall–Kier alpha value is -1.54. The number of phosphoric acid groups is 1. The molecule has 8 nitrogen and oxygen atoms in total. The Morgan fingerprint density at radius 2 is 0.983 bits per heavy atom. The molecule has 1 N–H and O–H groups in total. The fraction of sp³-hybridized carbons (Fsp3) is 0.820. The number of nitrogens with zero attached hydrogens (tertiary/aromatic N) is 1. The van der Waals surface area contributed by atoms with E-state index in [-0.39, 0.29) is 25.8 Å². The van der Waals surface area contributed by atoms with E-state index < -0.39 is 13.9 Å². The fourth-order valence-electron chi connectivity index (χ4n) is 6.62. The Kier molecular flexibility index (Phi) is 42.0. The molecule has 59 heavy (non-hydrogen) atoms. The first-order valence-corrected chi connectivity index (χ1v) is 25.9. The van der Waals surface area contributed by atoms with Crippen LogP contribution in [0.4, 0.5) is 0 Å². The molecule has 0 radical (unpaired) electrons. The summed E-state index contributed by atoms with van der Waals surface area (Å²) in [4.78, 5) is 23.0. The molecule has 346 valence electrons. The highest BCUT2D eigenvalue weighted by Crippen LogP contribution is 2.43. The summed E-state index contributed by atoms with van der Waals surface area (Å²) in [6.45, 7) is 5.51. The number of quaternary nitrogens is 1. The summed E-state index contributed by atoms with van der Waals surface area (Å²) >= 11 is 0. The van der Waals surface area contributed by atoms with Crippen LogP contribution in [0.15, 0.2) is 48.6 Å². The number of hydrogen-bond acceptors (Lipinski definition) is 6. The Balaban J connectivity index is 4.17. The van der Waals surface area contributed by atoms with Gasteiger partial charge < -0.3 is 18.9 Å². The Morgan fingerprint density at radius 1 is 0.542 bits per heavy atom. The van der Waals surface area contributed by atoms with Crippen molar-refractivity contribution in [3.63, 3.8) is 0 Å². The first kappa shape index (κ1) is 57.5. The lowest BCUT2D eigenvalue weighted by atomic mass is 10.1. The second-order valence-corrected chi connectivity index (χ2v) is 18.9. The molecule has 0 aliphatic rings. The summed E-state index contributed by atoms with van der Waals surface area (Å²) in [5.41, 5.74) is 0. The van der Waals surface area contributed by atoms with Crippen LogP contribution in [-0.4, -0.2) is 75.6 Å². The van der Waals surface area contributed by atoms with Crippen molar-refractivity contribution in [1.82, 2.24) is 0 Å². The van der Waals surface area contributed by atoms with Gasteiger partial charge in [-0.2, -0.15) is 0 Å². The molecule has 0 aromatic heterocycles. The van der Waals surface area contributed by atoms with Gasteiger partial charge in [0.1, 0.15) is 19.3 Å². The summed E-state index contributed by atoms with van der Waals surface area (Å²) < 4.78 is 35.1. The molecule has 0 aromatic rings. The molecular weight excluding hydrogens is 758 g/mol. The first-order chi connectivity index (χ1) is 28.6. The zero-order chi connectivity index (χ0) is 43.4. The summed E-state index contributed by atoms with van der Waals surface area (Å²) in [5, 5.41) is 0. The van der Waals surface area contributed by atoms with E-state index in [9.17, 15) is 14.3 Å². The topological polar surface area (TPSA) is 91.3 Å². The van der Waals surface area contributed by atoms with E-state index in [2.05, 4.69) is 62.5 Å². The van der Waals surface area contributed by atoms with Crippen LogP contribution in [0.25, 0.3) is 0 Å². The van der Waals surface area contributed by atoms with Crippen molar-refractivity contribution in [1.29, 1.82) is 0 Å². The molecule has 0 aliphatic carbocycles. The lowest BCUT2D eigenvalue weighted by Gasteiger charge is -2.24. The Morgan fingerprint density at radius 3 is 1.49 bits per heavy atom. The van der Waals surface area contributed by atoms with Crippen molar-refractivity contribution in [2.24, 2.45) is 0 Å². The highest BCUT2D eigenvalue weighted by atomic mass is 31.2. The molecule has 0 rings (SSSR count). The molecule has 2 atom stereocenters. The zero-order valence-corrected chi connectivity index (χ0v) is 40.1. The molecular formula is C50H95NO7P+. The normalized spacial score (nSPS) is 14.1.